The molecule has 1 aromatic rings. The maximum absolute atomic E-state index is 12.2. The van der Waals surface area contributed by atoms with Gasteiger partial charge < -0.3 is 15.0 Å². The second-order valence-electron chi connectivity index (χ2n) is 8.19. The van der Waals surface area contributed by atoms with Gasteiger partial charge in [-0.25, -0.2) is 4.79 Å². The van der Waals surface area contributed by atoms with Gasteiger partial charge in [-0.3, -0.25) is 10.1 Å². The van der Waals surface area contributed by atoms with Crippen LogP contribution in [0.3, 0.4) is 0 Å². The lowest BCUT2D eigenvalue weighted by Crippen LogP contribution is -2.39. The molecule has 0 saturated carbocycles. The molecule has 150 valence electrons. The van der Waals surface area contributed by atoms with E-state index in [1.807, 2.05) is 20.8 Å². The average Bonchev–Trinajstić information content (AvgIpc) is 2.59. The van der Waals surface area contributed by atoms with Gasteiger partial charge in [-0.05, 0) is 77.8 Å². The number of rotatable bonds is 6. The maximum atomic E-state index is 12.2. The van der Waals surface area contributed by atoms with Gasteiger partial charge in [-0.1, -0.05) is 6.42 Å². The van der Waals surface area contributed by atoms with Crippen molar-refractivity contribution in [3.05, 3.63) is 29.8 Å². The van der Waals surface area contributed by atoms with Crippen molar-refractivity contribution in [3.8, 4) is 0 Å². The Morgan fingerprint density at radius 2 is 1.89 bits per heavy atom. The first kappa shape index (κ1) is 21.2. The number of nitrogens with one attached hydrogen (secondary N) is 2. The van der Waals surface area contributed by atoms with Crippen LogP contribution in [0.2, 0.25) is 0 Å². The van der Waals surface area contributed by atoms with Gasteiger partial charge in [0.15, 0.2) is 0 Å². The van der Waals surface area contributed by atoms with E-state index in [-0.39, 0.29) is 5.91 Å². The third-order valence-corrected chi connectivity index (χ3v) is 4.64. The fourth-order valence-electron chi connectivity index (χ4n) is 3.20. The van der Waals surface area contributed by atoms with Crippen LogP contribution in [0.1, 0.15) is 63.7 Å². The normalized spacial score (nSPS) is 18.0. The highest BCUT2D eigenvalue weighted by Gasteiger charge is 2.18. The Morgan fingerprint density at radius 1 is 1.19 bits per heavy atom. The minimum absolute atomic E-state index is 0.0921. The summed E-state index contributed by atoms with van der Waals surface area (Å²) in [4.78, 5) is 26.5. The Hall–Kier alpha value is -2.08. The van der Waals surface area contributed by atoms with Crippen LogP contribution < -0.4 is 10.6 Å². The van der Waals surface area contributed by atoms with E-state index in [2.05, 4.69) is 22.5 Å². The van der Waals surface area contributed by atoms with Gasteiger partial charge in [-0.2, -0.15) is 0 Å². The van der Waals surface area contributed by atoms with Crippen LogP contribution in [-0.2, 0) is 4.74 Å². The summed E-state index contributed by atoms with van der Waals surface area (Å²) in [6.07, 6.45) is 4.32. The van der Waals surface area contributed by atoms with Gasteiger partial charge in [0.05, 0.1) is 0 Å². The van der Waals surface area contributed by atoms with Gasteiger partial charge in [0.1, 0.15) is 5.60 Å². The van der Waals surface area contributed by atoms with Crippen molar-refractivity contribution in [2.75, 3.05) is 25.0 Å². The van der Waals surface area contributed by atoms with Gasteiger partial charge in [-0.15, -0.1) is 0 Å². The molecule has 1 aliphatic heterocycles. The third-order valence-electron chi connectivity index (χ3n) is 4.64. The van der Waals surface area contributed by atoms with Crippen molar-refractivity contribution in [2.45, 2.75) is 65.0 Å². The Balaban J connectivity index is 1.72. The topological polar surface area (TPSA) is 70.7 Å². The highest BCUT2D eigenvalue weighted by atomic mass is 16.6. The predicted octanol–water partition coefficient (Wildman–Crippen LogP) is 4.03. The molecule has 27 heavy (non-hydrogen) atoms. The first-order chi connectivity index (χ1) is 12.7. The number of likely N-dealkylation sites (tertiary alicyclic amines) is 1. The highest BCUT2D eigenvalue weighted by molar-refractivity contribution is 5.95. The molecular formula is C21H33N3O3. The number of amides is 2. The summed E-state index contributed by atoms with van der Waals surface area (Å²) in [5.41, 5.74) is 0.631. The van der Waals surface area contributed by atoms with E-state index in [0.717, 1.165) is 13.0 Å². The van der Waals surface area contributed by atoms with Crippen LogP contribution in [0, 0.1) is 0 Å². The molecular weight excluding hydrogens is 342 g/mol. The highest BCUT2D eigenvalue weighted by Crippen LogP contribution is 2.16. The lowest BCUT2D eigenvalue weighted by Gasteiger charge is -2.33. The number of hydrogen-bond donors (Lipinski definition) is 2. The number of nitrogens with zero attached hydrogens (tertiary/aromatic N) is 1. The molecule has 6 heteroatoms. The molecule has 2 N–H and O–H groups in total. The number of carbonyl (C=O) groups is 2. The standard InChI is InChI=1S/C21H33N3O3/c1-16-8-5-6-14-24(16)15-7-13-22-19(25)17-9-11-18(12-10-17)23-20(26)27-21(2,3)4/h9-12,16H,5-8,13-15H2,1-4H3,(H,22,25)(H,23,26)/t16-/m1/s1. The maximum Gasteiger partial charge on any atom is 0.412 e. The molecule has 0 spiro atoms. The number of ether oxygens (including phenoxy) is 1. The lowest BCUT2D eigenvalue weighted by atomic mass is 10.0. The van der Waals surface area contributed by atoms with Crippen LogP contribution in [0.5, 0.6) is 0 Å². The van der Waals surface area contributed by atoms with Gasteiger partial charge in [0.25, 0.3) is 5.91 Å². The minimum atomic E-state index is -0.546. The predicted molar refractivity (Wildman–Crippen MR) is 108 cm³/mol. The lowest BCUT2D eigenvalue weighted by molar-refractivity contribution is 0.0635. The molecule has 1 saturated heterocycles. The van der Waals surface area contributed by atoms with Crippen molar-refractivity contribution in [1.82, 2.24) is 10.2 Å². The van der Waals surface area contributed by atoms with Crippen LogP contribution in [0.25, 0.3) is 0 Å². The Kier molecular flexibility index (Phi) is 7.66. The van der Waals surface area contributed by atoms with Crippen LogP contribution in [0.4, 0.5) is 10.5 Å². The second-order valence-corrected chi connectivity index (χ2v) is 8.19. The monoisotopic (exact) mass is 375 g/mol. The fourth-order valence-corrected chi connectivity index (χ4v) is 3.20. The number of anilines is 1. The van der Waals surface area contributed by atoms with Gasteiger partial charge in [0.2, 0.25) is 0 Å². The minimum Gasteiger partial charge on any atom is -0.444 e. The molecule has 1 heterocycles. The number of hydrogen-bond acceptors (Lipinski definition) is 4. The summed E-state index contributed by atoms with van der Waals surface area (Å²) in [5.74, 6) is -0.0921. The Labute approximate surface area is 162 Å². The zero-order chi connectivity index (χ0) is 19.9. The molecule has 6 nitrogen and oxygen atoms in total. The summed E-state index contributed by atoms with van der Waals surface area (Å²) in [5, 5.41) is 5.63. The molecule has 0 aromatic heterocycles. The summed E-state index contributed by atoms with van der Waals surface area (Å²) >= 11 is 0. The molecule has 1 aromatic carbocycles. The molecule has 2 rings (SSSR count). The number of piperidine rings is 1. The van der Waals surface area contributed by atoms with E-state index in [1.165, 1.54) is 25.8 Å². The van der Waals surface area contributed by atoms with E-state index in [9.17, 15) is 9.59 Å². The van der Waals surface area contributed by atoms with E-state index in [1.54, 1.807) is 24.3 Å². The second kappa shape index (κ2) is 9.74. The van der Waals surface area contributed by atoms with Crippen LogP contribution in [-0.4, -0.2) is 48.2 Å². The summed E-state index contributed by atoms with van der Waals surface area (Å²) in [6.45, 7) is 10.6. The SMILES string of the molecule is C[C@@H]1CCCCN1CCCNC(=O)c1ccc(NC(=O)OC(C)(C)C)cc1. The van der Waals surface area contributed by atoms with Crippen molar-refractivity contribution < 1.29 is 14.3 Å². The molecule has 0 radical (unpaired) electrons. The third kappa shape index (κ3) is 7.59. The number of benzene rings is 1. The molecule has 0 bridgehead atoms. The zero-order valence-corrected chi connectivity index (χ0v) is 17.0. The quantitative estimate of drug-likeness (QED) is 0.737. The van der Waals surface area contributed by atoms with Crippen LogP contribution >= 0.6 is 0 Å². The molecule has 0 unspecified atom stereocenters. The summed E-state index contributed by atoms with van der Waals surface area (Å²) < 4.78 is 5.21. The number of carbonyl (C=O) groups excluding carboxylic acids is 2. The first-order valence-corrected chi connectivity index (χ1v) is 9.87. The first-order valence-electron chi connectivity index (χ1n) is 9.87. The largest absolute Gasteiger partial charge is 0.444 e. The molecule has 1 aliphatic rings. The average molecular weight is 376 g/mol. The van der Waals surface area contributed by atoms with Crippen LogP contribution in [0.15, 0.2) is 24.3 Å². The van der Waals surface area contributed by atoms with Crippen molar-refractivity contribution >= 4 is 17.7 Å². The fraction of sp³-hybridized carbons (Fsp3) is 0.619. The van der Waals surface area contributed by atoms with E-state index >= 15 is 0 Å². The van der Waals surface area contributed by atoms with Gasteiger partial charge >= 0.3 is 6.09 Å². The van der Waals surface area contributed by atoms with Crippen molar-refractivity contribution in [1.29, 1.82) is 0 Å². The molecule has 1 fully saturated rings. The van der Waals surface area contributed by atoms with E-state index < -0.39 is 11.7 Å². The van der Waals surface area contributed by atoms with Crippen molar-refractivity contribution in [3.63, 3.8) is 0 Å². The smallest absolute Gasteiger partial charge is 0.412 e. The van der Waals surface area contributed by atoms with E-state index in [4.69, 9.17) is 4.74 Å². The zero-order valence-electron chi connectivity index (χ0n) is 17.0. The molecule has 2 amide bonds. The van der Waals surface area contributed by atoms with Gasteiger partial charge in [0, 0.05) is 30.4 Å². The Bertz CT molecular complexity index is 623. The summed E-state index contributed by atoms with van der Waals surface area (Å²) in [6, 6.07) is 7.46. The summed E-state index contributed by atoms with van der Waals surface area (Å²) in [7, 11) is 0. The Morgan fingerprint density at radius 3 is 2.52 bits per heavy atom. The molecule has 1 atom stereocenters. The van der Waals surface area contributed by atoms with Crippen molar-refractivity contribution in [2.24, 2.45) is 0 Å². The molecule has 0 aliphatic carbocycles. The van der Waals surface area contributed by atoms with E-state index in [0.29, 0.717) is 23.8 Å².